The van der Waals surface area contributed by atoms with Crippen LogP contribution in [0.5, 0.6) is 0 Å². The van der Waals surface area contributed by atoms with Crippen LogP contribution in [0.2, 0.25) is 0 Å². The monoisotopic (exact) mass is 533 g/mol. The summed E-state index contributed by atoms with van der Waals surface area (Å²) in [6.07, 6.45) is -5.70. The third kappa shape index (κ3) is 12.6. The molecule has 13 heteroatoms. The fourth-order valence-electron chi connectivity index (χ4n) is 2.66. The number of alkyl halides is 6. The van der Waals surface area contributed by atoms with E-state index in [2.05, 4.69) is 10.6 Å². The summed E-state index contributed by atoms with van der Waals surface area (Å²) >= 11 is 0. The Morgan fingerprint density at radius 3 is 2.11 bits per heavy atom. The second kappa shape index (κ2) is 14.0. The van der Waals surface area contributed by atoms with Crippen LogP contribution in [0.3, 0.4) is 0 Å². The lowest BCUT2D eigenvalue weighted by atomic mass is 10.0. The Morgan fingerprint density at radius 2 is 1.59 bits per heavy atom. The number of amides is 2. The van der Waals surface area contributed by atoms with Gasteiger partial charge in [0.2, 0.25) is 11.8 Å². The van der Waals surface area contributed by atoms with E-state index in [4.69, 9.17) is 15.6 Å². The molecule has 0 aromatic heterocycles. The number of halogens is 6. The number of hydrogen-bond donors (Lipinski definition) is 4. The number of aryl methyl sites for hydroxylation is 1. The van der Waals surface area contributed by atoms with Gasteiger partial charge in [-0.15, -0.1) is 0 Å². The molecule has 0 aliphatic rings. The van der Waals surface area contributed by atoms with Gasteiger partial charge in [0.25, 0.3) is 0 Å². The van der Waals surface area contributed by atoms with Crippen LogP contribution in [0.15, 0.2) is 66.7 Å². The van der Waals surface area contributed by atoms with Gasteiger partial charge in [-0.3, -0.25) is 9.59 Å². The minimum Gasteiger partial charge on any atom is -0.475 e. The van der Waals surface area contributed by atoms with Crippen molar-refractivity contribution in [2.75, 3.05) is 5.32 Å². The molecule has 0 spiro atoms. The Hall–Kier alpha value is -3.87. The van der Waals surface area contributed by atoms with Gasteiger partial charge < -0.3 is 21.5 Å². The van der Waals surface area contributed by atoms with Crippen LogP contribution in [0.25, 0.3) is 0 Å². The Balaban J connectivity index is 0.000000856. The summed E-state index contributed by atoms with van der Waals surface area (Å²) in [5.74, 6) is -3.72. The second-order valence-electron chi connectivity index (χ2n) is 7.66. The lowest BCUT2D eigenvalue weighted by Gasteiger charge is -2.17. The number of carboxylic acids is 1. The normalized spacial score (nSPS) is 13.2. The average Bonchev–Trinajstić information content (AvgIpc) is 2.80. The smallest absolute Gasteiger partial charge is 0.475 e. The van der Waals surface area contributed by atoms with Crippen LogP contribution in [0, 0.1) is 0 Å². The summed E-state index contributed by atoms with van der Waals surface area (Å²) < 4.78 is 70.1. The number of benzene rings is 2. The molecule has 0 fully saturated rings. The maximum Gasteiger partial charge on any atom is 0.490 e. The van der Waals surface area contributed by atoms with E-state index in [-0.39, 0.29) is 11.6 Å². The molecule has 0 unspecified atom stereocenters. The van der Waals surface area contributed by atoms with Gasteiger partial charge in [-0.2, -0.15) is 26.3 Å². The number of nitrogens with two attached hydrogens (primary N) is 1. The van der Waals surface area contributed by atoms with Crippen molar-refractivity contribution < 1.29 is 45.8 Å². The maximum absolute atomic E-state index is 12.8. The highest BCUT2D eigenvalue weighted by molar-refractivity contribution is 5.99. The van der Waals surface area contributed by atoms with Crippen molar-refractivity contribution in [3.05, 3.63) is 77.9 Å². The minimum atomic E-state index is -5.08. The Morgan fingerprint density at radius 1 is 1.00 bits per heavy atom. The van der Waals surface area contributed by atoms with Gasteiger partial charge >= 0.3 is 18.3 Å². The Bertz CT molecular complexity index is 1070. The first-order chi connectivity index (χ1) is 17.1. The van der Waals surface area contributed by atoms with E-state index >= 15 is 0 Å². The molecular weight excluding hydrogens is 508 g/mol. The molecule has 2 rings (SSSR count). The van der Waals surface area contributed by atoms with E-state index in [1.807, 2.05) is 30.3 Å². The van der Waals surface area contributed by atoms with Gasteiger partial charge in [0.15, 0.2) is 0 Å². The van der Waals surface area contributed by atoms with Crippen LogP contribution in [0.4, 0.5) is 32.0 Å². The van der Waals surface area contributed by atoms with Crippen LogP contribution in [-0.2, 0) is 27.0 Å². The number of aliphatic carboxylic acids is 1. The van der Waals surface area contributed by atoms with Crippen LogP contribution >= 0.6 is 0 Å². The number of nitrogens with one attached hydrogen (secondary N) is 2. The highest BCUT2D eigenvalue weighted by Crippen LogP contribution is 2.30. The number of carbonyl (C=O) groups excluding carboxylic acids is 2. The molecule has 0 radical (unpaired) electrons. The van der Waals surface area contributed by atoms with Gasteiger partial charge in [0.1, 0.15) is 0 Å². The summed E-state index contributed by atoms with van der Waals surface area (Å²) in [6, 6.07) is 12.8. The summed E-state index contributed by atoms with van der Waals surface area (Å²) in [7, 11) is 0. The first-order valence-electron chi connectivity index (χ1n) is 10.7. The van der Waals surface area contributed by atoms with Crippen molar-refractivity contribution in [2.24, 2.45) is 5.73 Å². The van der Waals surface area contributed by atoms with Crippen LogP contribution < -0.4 is 16.4 Å². The Kier molecular flexibility index (Phi) is 11.8. The molecule has 2 amide bonds. The molecule has 202 valence electrons. The first-order valence-corrected chi connectivity index (χ1v) is 10.7. The molecule has 0 aliphatic heterocycles. The maximum atomic E-state index is 12.8. The zero-order valence-electron chi connectivity index (χ0n) is 19.4. The summed E-state index contributed by atoms with van der Waals surface area (Å²) in [5.41, 5.74) is 5.84. The van der Waals surface area contributed by atoms with Crippen molar-refractivity contribution in [2.45, 2.75) is 44.2 Å². The van der Waals surface area contributed by atoms with Gasteiger partial charge in [0, 0.05) is 17.8 Å². The number of carboxylic acid groups (broad SMARTS) is 1. The molecule has 0 aliphatic carbocycles. The molecule has 0 bridgehead atoms. The fourth-order valence-corrected chi connectivity index (χ4v) is 2.66. The van der Waals surface area contributed by atoms with Crippen molar-refractivity contribution in [1.82, 2.24) is 5.32 Å². The molecular formula is C24H25F6N3O4. The molecule has 2 aromatic rings. The van der Waals surface area contributed by atoms with E-state index in [0.717, 1.165) is 17.7 Å². The summed E-state index contributed by atoms with van der Waals surface area (Å²) in [4.78, 5) is 33.0. The molecule has 2 atom stereocenters. The van der Waals surface area contributed by atoms with E-state index < -0.39 is 41.9 Å². The van der Waals surface area contributed by atoms with Gasteiger partial charge in [-0.25, -0.2) is 4.79 Å². The molecule has 7 nitrogen and oxygen atoms in total. The zero-order chi connectivity index (χ0) is 28.2. The topological polar surface area (TPSA) is 122 Å². The quantitative estimate of drug-likeness (QED) is 0.298. The van der Waals surface area contributed by atoms with Crippen molar-refractivity contribution in [3.63, 3.8) is 0 Å². The first kappa shape index (κ1) is 31.2. The molecule has 5 N–H and O–H groups in total. The average molecular weight is 533 g/mol. The van der Waals surface area contributed by atoms with Crippen LogP contribution in [-0.4, -0.2) is 41.2 Å². The number of rotatable bonds is 8. The standard InChI is InChI=1S/C22H24F3N3O2.C2HF3O2/c1-15(26)21(30)28-18(11-10-16-6-3-2-4-7-16)12-13-20(29)27-19-9-5-8-17(14-19)22(23,24)25;3-2(4,5)1(6)7/h2-9,12-15,18H,10-11,26H2,1H3,(H,27,29)(H,28,30);(H,6,7)/t15-,18-;/m0./s1. The van der Waals surface area contributed by atoms with E-state index in [1.54, 1.807) is 6.92 Å². The summed E-state index contributed by atoms with van der Waals surface area (Å²) in [5, 5.41) is 12.3. The Labute approximate surface area is 208 Å². The van der Waals surface area contributed by atoms with E-state index in [0.29, 0.717) is 12.8 Å². The largest absolute Gasteiger partial charge is 0.490 e. The minimum absolute atomic E-state index is 0.0277. The molecule has 37 heavy (non-hydrogen) atoms. The third-order valence-corrected chi connectivity index (χ3v) is 4.51. The molecule has 2 aromatic carbocycles. The van der Waals surface area contributed by atoms with Crippen molar-refractivity contribution in [3.8, 4) is 0 Å². The lowest BCUT2D eigenvalue weighted by Crippen LogP contribution is -2.43. The summed E-state index contributed by atoms with van der Waals surface area (Å²) in [6.45, 7) is 1.55. The molecule has 0 heterocycles. The van der Waals surface area contributed by atoms with Crippen molar-refractivity contribution in [1.29, 1.82) is 0 Å². The second-order valence-corrected chi connectivity index (χ2v) is 7.66. The van der Waals surface area contributed by atoms with Gasteiger partial charge in [-0.1, -0.05) is 42.5 Å². The van der Waals surface area contributed by atoms with Gasteiger partial charge in [0.05, 0.1) is 11.6 Å². The highest BCUT2D eigenvalue weighted by atomic mass is 19.4. The number of anilines is 1. The molecule has 0 saturated heterocycles. The van der Waals surface area contributed by atoms with Crippen molar-refractivity contribution >= 4 is 23.5 Å². The van der Waals surface area contributed by atoms with E-state index in [1.165, 1.54) is 24.3 Å². The predicted molar refractivity (Wildman–Crippen MR) is 123 cm³/mol. The lowest BCUT2D eigenvalue weighted by molar-refractivity contribution is -0.192. The number of hydrogen-bond acceptors (Lipinski definition) is 4. The predicted octanol–water partition coefficient (Wildman–Crippen LogP) is 4.30. The third-order valence-electron chi connectivity index (χ3n) is 4.51. The van der Waals surface area contributed by atoms with E-state index in [9.17, 15) is 35.9 Å². The van der Waals surface area contributed by atoms with Crippen LogP contribution in [0.1, 0.15) is 24.5 Å². The number of carbonyl (C=O) groups is 3. The fraction of sp³-hybridized carbons (Fsp3) is 0.292. The zero-order valence-corrected chi connectivity index (χ0v) is 19.4. The molecule has 0 saturated carbocycles. The van der Waals surface area contributed by atoms with Gasteiger partial charge in [-0.05, 0) is 43.5 Å². The highest BCUT2D eigenvalue weighted by Gasteiger charge is 2.38. The SMILES string of the molecule is C[C@H](N)C(=O)N[C@H](C=CC(=O)Nc1cccc(C(F)(F)F)c1)CCc1ccccc1.O=C(O)C(F)(F)F.